The van der Waals surface area contributed by atoms with Gasteiger partial charge >= 0.3 is 0 Å². The number of aromatic nitrogens is 3. The quantitative estimate of drug-likeness (QED) is 0.852. The van der Waals surface area contributed by atoms with Crippen molar-refractivity contribution in [2.45, 2.75) is 37.1 Å². The van der Waals surface area contributed by atoms with Crippen molar-refractivity contribution < 1.29 is 9.32 Å². The number of thioether (sulfide) groups is 1. The lowest BCUT2D eigenvalue weighted by Crippen LogP contribution is -2.32. The van der Waals surface area contributed by atoms with Gasteiger partial charge in [-0.05, 0) is 26.7 Å². The predicted octanol–water partition coefficient (Wildman–Crippen LogP) is 2.18. The number of nitrogens with zero attached hydrogens (tertiary/aromatic N) is 4. The fraction of sp³-hybridized carbons (Fsp3) is 0.538. The van der Waals surface area contributed by atoms with Gasteiger partial charge in [-0.1, -0.05) is 28.3 Å². The van der Waals surface area contributed by atoms with Crippen LogP contribution in [-0.4, -0.2) is 38.5 Å². The van der Waals surface area contributed by atoms with Crippen LogP contribution >= 0.6 is 23.1 Å². The summed E-state index contributed by atoms with van der Waals surface area (Å²) in [5, 5.41) is 12.1. The number of nitrogen functional groups attached to an aromatic ring is 1. The lowest BCUT2D eigenvalue weighted by atomic mass is 10.0. The van der Waals surface area contributed by atoms with Crippen LogP contribution in [0.1, 0.15) is 35.9 Å². The van der Waals surface area contributed by atoms with E-state index in [1.807, 2.05) is 18.7 Å². The molecule has 7 nitrogen and oxygen atoms in total. The minimum atomic E-state index is 0.0684. The molecule has 2 aromatic heterocycles. The fourth-order valence-electron chi connectivity index (χ4n) is 2.82. The molecular formula is C13H17N5O2S2. The lowest BCUT2D eigenvalue weighted by Gasteiger charge is -2.24. The Morgan fingerprint density at radius 3 is 2.95 bits per heavy atom. The van der Waals surface area contributed by atoms with Crippen LogP contribution in [0.15, 0.2) is 8.86 Å². The summed E-state index contributed by atoms with van der Waals surface area (Å²) in [5.74, 6) is 1.24. The number of rotatable bonds is 4. The van der Waals surface area contributed by atoms with E-state index in [1.165, 1.54) is 23.1 Å². The van der Waals surface area contributed by atoms with E-state index in [0.29, 0.717) is 10.9 Å². The first kappa shape index (κ1) is 15.3. The maximum absolute atomic E-state index is 12.5. The molecule has 118 valence electrons. The van der Waals surface area contributed by atoms with Crippen molar-refractivity contribution in [2.24, 2.45) is 0 Å². The van der Waals surface area contributed by atoms with Crippen molar-refractivity contribution in [3.63, 3.8) is 0 Å². The number of hydrogen-bond acceptors (Lipinski definition) is 8. The zero-order valence-electron chi connectivity index (χ0n) is 12.4. The van der Waals surface area contributed by atoms with Gasteiger partial charge in [-0.2, -0.15) is 0 Å². The number of carbonyl (C=O) groups is 1. The Hall–Kier alpha value is -1.61. The van der Waals surface area contributed by atoms with Gasteiger partial charge in [0.2, 0.25) is 11.0 Å². The summed E-state index contributed by atoms with van der Waals surface area (Å²) in [6.07, 6.45) is 1.95. The molecule has 1 fully saturated rings. The van der Waals surface area contributed by atoms with Crippen molar-refractivity contribution in [1.29, 1.82) is 0 Å². The largest absolute Gasteiger partial charge is 0.374 e. The van der Waals surface area contributed by atoms with Crippen LogP contribution in [0.5, 0.6) is 0 Å². The second-order valence-electron chi connectivity index (χ2n) is 5.18. The van der Waals surface area contributed by atoms with Crippen molar-refractivity contribution in [3.8, 4) is 0 Å². The first-order valence-corrected chi connectivity index (χ1v) is 8.80. The Labute approximate surface area is 136 Å². The number of hydrogen-bond donors (Lipinski definition) is 1. The van der Waals surface area contributed by atoms with Crippen LogP contribution in [0.25, 0.3) is 0 Å². The summed E-state index contributed by atoms with van der Waals surface area (Å²) in [6.45, 7) is 4.59. The summed E-state index contributed by atoms with van der Waals surface area (Å²) >= 11 is 2.68. The highest BCUT2D eigenvalue weighted by molar-refractivity contribution is 8.01. The zero-order chi connectivity index (χ0) is 15.7. The van der Waals surface area contributed by atoms with Gasteiger partial charge in [0.15, 0.2) is 4.34 Å². The summed E-state index contributed by atoms with van der Waals surface area (Å²) < 4.78 is 5.97. The molecule has 1 aliphatic rings. The molecule has 0 aliphatic carbocycles. The molecule has 2 N–H and O–H groups in total. The molecule has 2 aromatic rings. The van der Waals surface area contributed by atoms with Gasteiger partial charge in [0.05, 0.1) is 17.5 Å². The molecule has 0 aromatic carbocycles. The molecule has 1 atom stereocenters. The average Bonchev–Trinajstić information content (AvgIpc) is 3.18. The Kier molecular flexibility index (Phi) is 4.34. The van der Waals surface area contributed by atoms with Gasteiger partial charge in [-0.15, -0.1) is 10.2 Å². The maximum atomic E-state index is 12.5. The number of aryl methyl sites for hydroxylation is 2. The van der Waals surface area contributed by atoms with Gasteiger partial charge < -0.3 is 15.2 Å². The number of nitrogens with two attached hydrogens (primary N) is 1. The molecule has 9 heteroatoms. The summed E-state index contributed by atoms with van der Waals surface area (Å²) in [6, 6.07) is 0.0684. The van der Waals surface area contributed by atoms with E-state index in [9.17, 15) is 4.79 Å². The molecule has 3 rings (SSSR count). The molecule has 22 heavy (non-hydrogen) atoms. The molecule has 1 aliphatic heterocycles. The van der Waals surface area contributed by atoms with Gasteiger partial charge in [0.1, 0.15) is 5.76 Å². The molecule has 0 saturated carbocycles. The standard InChI is InChI=1S/C13H17N5O2S2/c1-7-11(8(2)20-17-7)9-4-3-5-18(9)10(19)6-21-13-16-15-12(14)22-13/h9H,3-6H2,1-2H3,(H2,14,15). The summed E-state index contributed by atoms with van der Waals surface area (Å²) in [4.78, 5) is 14.5. The van der Waals surface area contributed by atoms with Crippen LogP contribution in [-0.2, 0) is 4.79 Å². The van der Waals surface area contributed by atoms with Crippen molar-refractivity contribution >= 4 is 34.1 Å². The van der Waals surface area contributed by atoms with Gasteiger partial charge in [-0.3, -0.25) is 4.79 Å². The average molecular weight is 339 g/mol. The van der Waals surface area contributed by atoms with E-state index in [0.717, 1.165) is 40.7 Å². The Morgan fingerprint density at radius 2 is 2.32 bits per heavy atom. The Bertz CT molecular complexity index is 664. The van der Waals surface area contributed by atoms with Gasteiger partial charge in [-0.25, -0.2) is 0 Å². The van der Waals surface area contributed by atoms with E-state index in [4.69, 9.17) is 10.3 Å². The molecule has 0 bridgehead atoms. The van der Waals surface area contributed by atoms with Gasteiger partial charge in [0, 0.05) is 12.1 Å². The van der Waals surface area contributed by atoms with E-state index in [2.05, 4.69) is 15.4 Å². The lowest BCUT2D eigenvalue weighted by molar-refractivity contribution is -0.129. The third-order valence-corrected chi connectivity index (χ3v) is 5.61. The van der Waals surface area contributed by atoms with E-state index in [1.54, 1.807) is 0 Å². The highest BCUT2D eigenvalue weighted by Crippen LogP contribution is 2.36. The highest BCUT2D eigenvalue weighted by Gasteiger charge is 2.33. The molecule has 0 radical (unpaired) electrons. The predicted molar refractivity (Wildman–Crippen MR) is 84.7 cm³/mol. The van der Waals surface area contributed by atoms with Crippen LogP contribution in [0.3, 0.4) is 0 Å². The van der Waals surface area contributed by atoms with Crippen LogP contribution in [0.2, 0.25) is 0 Å². The topological polar surface area (TPSA) is 98.1 Å². The first-order chi connectivity index (χ1) is 10.6. The van der Waals surface area contributed by atoms with E-state index >= 15 is 0 Å². The van der Waals surface area contributed by atoms with Crippen LogP contribution in [0, 0.1) is 13.8 Å². The summed E-state index contributed by atoms with van der Waals surface area (Å²) in [7, 11) is 0. The second-order valence-corrected chi connectivity index (χ2v) is 7.41. The molecule has 1 saturated heterocycles. The number of likely N-dealkylation sites (tertiary alicyclic amines) is 1. The summed E-state index contributed by atoms with van der Waals surface area (Å²) in [5.41, 5.74) is 7.46. The maximum Gasteiger partial charge on any atom is 0.233 e. The monoisotopic (exact) mass is 339 g/mol. The molecule has 3 heterocycles. The van der Waals surface area contributed by atoms with Crippen molar-refractivity contribution in [1.82, 2.24) is 20.3 Å². The molecule has 1 amide bonds. The third kappa shape index (κ3) is 2.95. The first-order valence-electron chi connectivity index (χ1n) is 7.00. The smallest absolute Gasteiger partial charge is 0.233 e. The fourth-order valence-corrected chi connectivity index (χ4v) is 4.34. The molecule has 0 spiro atoms. The van der Waals surface area contributed by atoms with Gasteiger partial charge in [0.25, 0.3) is 0 Å². The number of carbonyl (C=O) groups excluding carboxylic acids is 1. The van der Waals surface area contributed by atoms with E-state index < -0.39 is 0 Å². The normalized spacial score (nSPS) is 18.1. The second kappa shape index (κ2) is 6.25. The minimum absolute atomic E-state index is 0.0684. The van der Waals surface area contributed by atoms with Crippen LogP contribution < -0.4 is 5.73 Å². The Balaban J connectivity index is 1.69. The molecule has 1 unspecified atom stereocenters. The molecular weight excluding hydrogens is 322 g/mol. The third-order valence-electron chi connectivity index (χ3n) is 3.74. The van der Waals surface area contributed by atoms with Crippen molar-refractivity contribution in [2.75, 3.05) is 18.0 Å². The minimum Gasteiger partial charge on any atom is -0.374 e. The highest BCUT2D eigenvalue weighted by atomic mass is 32.2. The Morgan fingerprint density at radius 1 is 1.50 bits per heavy atom. The van der Waals surface area contributed by atoms with Crippen molar-refractivity contribution in [3.05, 3.63) is 17.0 Å². The SMILES string of the molecule is Cc1noc(C)c1C1CCCN1C(=O)CSc1nnc(N)s1. The zero-order valence-corrected chi connectivity index (χ0v) is 14.0. The number of amides is 1. The van der Waals surface area contributed by atoms with Crippen LogP contribution in [0.4, 0.5) is 5.13 Å². The number of anilines is 1. The van der Waals surface area contributed by atoms with E-state index in [-0.39, 0.29) is 11.9 Å².